The van der Waals surface area contributed by atoms with Gasteiger partial charge in [-0.05, 0) is 37.1 Å². The minimum atomic E-state index is -0.390. The molecule has 0 aliphatic carbocycles. The summed E-state index contributed by atoms with van der Waals surface area (Å²) in [4.78, 5) is 14.5. The number of rotatable bonds is 3. The van der Waals surface area contributed by atoms with Gasteiger partial charge in [-0.15, -0.1) is 0 Å². The maximum atomic E-state index is 13.9. The Morgan fingerprint density at radius 3 is 2.48 bits per heavy atom. The van der Waals surface area contributed by atoms with Gasteiger partial charge >= 0.3 is 0 Å². The van der Waals surface area contributed by atoms with Crippen molar-refractivity contribution in [1.29, 1.82) is 0 Å². The molecule has 7 heteroatoms. The van der Waals surface area contributed by atoms with E-state index in [0.717, 1.165) is 31.6 Å². The first-order chi connectivity index (χ1) is 11.0. The van der Waals surface area contributed by atoms with E-state index in [1.54, 1.807) is 13.1 Å². The van der Waals surface area contributed by atoms with E-state index in [0.29, 0.717) is 16.4 Å². The van der Waals surface area contributed by atoms with Crippen LogP contribution in [0.5, 0.6) is 0 Å². The van der Waals surface area contributed by atoms with Crippen LogP contribution in [0.15, 0.2) is 24.3 Å². The lowest BCUT2D eigenvalue weighted by molar-refractivity contribution is 0.101. The summed E-state index contributed by atoms with van der Waals surface area (Å²) < 4.78 is 15.3. The van der Waals surface area contributed by atoms with Crippen molar-refractivity contribution in [1.82, 2.24) is 4.57 Å². The molecular formula is C16H16Cl2FN3O. The third kappa shape index (κ3) is 3.31. The first-order valence-corrected chi connectivity index (χ1v) is 8.09. The van der Waals surface area contributed by atoms with Crippen molar-refractivity contribution >= 4 is 40.5 Å². The first-order valence-electron chi connectivity index (χ1n) is 7.33. The summed E-state index contributed by atoms with van der Waals surface area (Å²) >= 11 is 11.9. The minimum absolute atomic E-state index is 0.286. The molecule has 0 unspecified atom stereocenters. The molecule has 122 valence electrons. The van der Waals surface area contributed by atoms with Crippen LogP contribution in [0, 0.1) is 5.82 Å². The number of benzene rings is 1. The molecule has 0 saturated carbocycles. The monoisotopic (exact) mass is 355 g/mol. The lowest BCUT2D eigenvalue weighted by Crippen LogP contribution is -2.19. The van der Waals surface area contributed by atoms with Crippen molar-refractivity contribution in [2.45, 2.75) is 12.8 Å². The summed E-state index contributed by atoms with van der Waals surface area (Å²) in [5.41, 5.74) is 1.50. The van der Waals surface area contributed by atoms with Crippen molar-refractivity contribution in [2.24, 2.45) is 7.05 Å². The van der Waals surface area contributed by atoms with E-state index < -0.39 is 0 Å². The average Bonchev–Trinajstić information content (AvgIpc) is 3.11. The highest BCUT2D eigenvalue weighted by Crippen LogP contribution is 2.28. The third-order valence-corrected chi connectivity index (χ3v) is 4.80. The maximum Gasteiger partial charge on any atom is 0.272 e. The Morgan fingerprint density at radius 2 is 1.87 bits per heavy atom. The first kappa shape index (κ1) is 16.1. The van der Waals surface area contributed by atoms with Crippen LogP contribution >= 0.6 is 23.2 Å². The van der Waals surface area contributed by atoms with Crippen molar-refractivity contribution < 1.29 is 9.18 Å². The molecule has 1 fully saturated rings. The lowest BCUT2D eigenvalue weighted by Gasteiger charge is -2.19. The second-order valence-corrected chi connectivity index (χ2v) is 6.34. The summed E-state index contributed by atoms with van der Waals surface area (Å²) in [7, 11) is 1.64. The normalized spacial score (nSPS) is 14.3. The van der Waals surface area contributed by atoms with Gasteiger partial charge in [0.2, 0.25) is 0 Å². The molecule has 1 saturated heterocycles. The summed E-state index contributed by atoms with van der Waals surface area (Å²) in [6.45, 7) is 1.81. The molecule has 1 aliphatic heterocycles. The molecule has 0 atom stereocenters. The van der Waals surface area contributed by atoms with Gasteiger partial charge in [-0.2, -0.15) is 0 Å². The van der Waals surface area contributed by atoms with Crippen LogP contribution in [0.1, 0.15) is 23.3 Å². The molecule has 4 nitrogen and oxygen atoms in total. The fourth-order valence-electron chi connectivity index (χ4n) is 2.76. The minimum Gasteiger partial charge on any atom is -0.371 e. The van der Waals surface area contributed by atoms with E-state index in [1.807, 2.05) is 0 Å². The summed E-state index contributed by atoms with van der Waals surface area (Å²) in [5.74, 6) is -0.771. The molecule has 2 heterocycles. The third-order valence-electron chi connectivity index (χ3n) is 3.96. The quantitative estimate of drug-likeness (QED) is 0.889. The van der Waals surface area contributed by atoms with Crippen LogP contribution in [0.2, 0.25) is 10.2 Å². The Bertz CT molecular complexity index is 754. The number of hydrogen-bond donors (Lipinski definition) is 1. The zero-order chi connectivity index (χ0) is 16.6. The fraction of sp³-hybridized carbons (Fsp3) is 0.312. The maximum absolute atomic E-state index is 13.9. The zero-order valence-corrected chi connectivity index (χ0v) is 14.1. The second kappa shape index (κ2) is 6.42. The number of nitrogens with one attached hydrogen (secondary N) is 1. The van der Waals surface area contributed by atoms with Crippen LogP contribution in [-0.2, 0) is 7.05 Å². The molecule has 1 aromatic carbocycles. The summed E-state index contributed by atoms with van der Waals surface area (Å²) in [5, 5.41) is 3.29. The standard InChI is InChI=1S/C16H16Cl2FN3O/c1-21-14(9-13(17)15(21)18)16(23)20-11-6-10(19)7-12(8-11)22-4-2-3-5-22/h6-9H,2-5H2,1H3,(H,20,23). The molecule has 3 rings (SSSR count). The smallest absolute Gasteiger partial charge is 0.272 e. The van der Waals surface area contributed by atoms with Crippen molar-refractivity contribution in [3.63, 3.8) is 0 Å². The topological polar surface area (TPSA) is 37.3 Å². The zero-order valence-electron chi connectivity index (χ0n) is 12.6. The highest BCUT2D eigenvalue weighted by Gasteiger charge is 2.18. The Hall–Kier alpha value is -1.72. The van der Waals surface area contributed by atoms with E-state index in [2.05, 4.69) is 10.2 Å². The van der Waals surface area contributed by atoms with Gasteiger partial charge in [0.1, 0.15) is 16.7 Å². The van der Waals surface area contributed by atoms with Crippen LogP contribution < -0.4 is 10.2 Å². The van der Waals surface area contributed by atoms with Crippen LogP contribution in [0.25, 0.3) is 0 Å². The number of halogens is 3. The van der Waals surface area contributed by atoms with Crippen molar-refractivity contribution in [3.8, 4) is 0 Å². The van der Waals surface area contributed by atoms with Gasteiger partial charge in [0.15, 0.2) is 0 Å². The van der Waals surface area contributed by atoms with Crippen LogP contribution in [0.3, 0.4) is 0 Å². The molecule has 1 amide bonds. The number of nitrogens with zero attached hydrogens (tertiary/aromatic N) is 2. The fourth-order valence-corrected chi connectivity index (χ4v) is 3.14. The Morgan fingerprint density at radius 1 is 1.17 bits per heavy atom. The lowest BCUT2D eigenvalue weighted by atomic mass is 10.2. The average molecular weight is 356 g/mol. The van der Waals surface area contributed by atoms with Gasteiger partial charge in [-0.1, -0.05) is 23.2 Å². The molecule has 2 aromatic rings. The van der Waals surface area contributed by atoms with Crippen LogP contribution in [0.4, 0.5) is 15.8 Å². The molecule has 1 aliphatic rings. The molecular weight excluding hydrogens is 340 g/mol. The van der Waals surface area contributed by atoms with Gasteiger partial charge < -0.3 is 14.8 Å². The second-order valence-electron chi connectivity index (χ2n) is 5.57. The molecule has 1 N–H and O–H groups in total. The van der Waals surface area contributed by atoms with E-state index in [4.69, 9.17) is 23.2 Å². The van der Waals surface area contributed by atoms with Gasteiger partial charge in [0, 0.05) is 31.5 Å². The summed E-state index contributed by atoms with van der Waals surface area (Å²) in [6.07, 6.45) is 2.19. The van der Waals surface area contributed by atoms with Crippen LogP contribution in [-0.4, -0.2) is 23.6 Å². The molecule has 0 radical (unpaired) electrons. The Kier molecular flexibility index (Phi) is 4.50. The highest BCUT2D eigenvalue weighted by atomic mass is 35.5. The van der Waals surface area contributed by atoms with Gasteiger partial charge in [0.05, 0.1) is 5.02 Å². The number of carbonyl (C=O) groups excluding carboxylic acids is 1. The molecule has 1 aromatic heterocycles. The summed E-state index contributed by atoms with van der Waals surface area (Å²) in [6, 6.07) is 6.04. The van der Waals surface area contributed by atoms with Gasteiger partial charge in [-0.3, -0.25) is 4.79 Å². The number of aromatic nitrogens is 1. The predicted octanol–water partition coefficient (Wildman–Crippen LogP) is 4.32. The SMILES string of the molecule is Cn1c(C(=O)Nc2cc(F)cc(N3CCCC3)c2)cc(Cl)c1Cl. The Balaban J connectivity index is 1.84. The van der Waals surface area contributed by atoms with E-state index in [1.165, 1.54) is 22.8 Å². The van der Waals surface area contributed by atoms with E-state index >= 15 is 0 Å². The van der Waals surface area contributed by atoms with E-state index in [9.17, 15) is 9.18 Å². The Labute approximate surface area is 143 Å². The molecule has 23 heavy (non-hydrogen) atoms. The van der Waals surface area contributed by atoms with Gasteiger partial charge in [-0.25, -0.2) is 4.39 Å². The molecule has 0 bridgehead atoms. The van der Waals surface area contributed by atoms with E-state index in [-0.39, 0.29) is 16.9 Å². The molecule has 0 spiro atoms. The van der Waals surface area contributed by atoms with Crippen molar-refractivity contribution in [2.75, 3.05) is 23.3 Å². The number of amides is 1. The predicted molar refractivity (Wildman–Crippen MR) is 91.2 cm³/mol. The van der Waals surface area contributed by atoms with Gasteiger partial charge in [0.25, 0.3) is 5.91 Å². The van der Waals surface area contributed by atoms with Crippen molar-refractivity contribution in [3.05, 3.63) is 46.0 Å². The highest BCUT2D eigenvalue weighted by molar-refractivity contribution is 6.42. The number of hydrogen-bond acceptors (Lipinski definition) is 2. The largest absolute Gasteiger partial charge is 0.371 e. The number of anilines is 2. The number of carbonyl (C=O) groups is 1.